The normalized spacial score (nSPS) is 11.4. The maximum absolute atomic E-state index is 12.3. The van der Waals surface area contributed by atoms with E-state index < -0.39 is 31.8 Å². The van der Waals surface area contributed by atoms with Crippen molar-refractivity contribution in [2.45, 2.75) is 13.1 Å². The van der Waals surface area contributed by atoms with Crippen molar-refractivity contribution in [1.82, 2.24) is 4.90 Å². The van der Waals surface area contributed by atoms with E-state index >= 15 is 0 Å². The molecule has 0 aromatic heterocycles. The van der Waals surface area contributed by atoms with Crippen molar-refractivity contribution in [2.24, 2.45) is 0 Å². The first-order valence-corrected chi connectivity index (χ1v) is 5.51. The maximum Gasteiger partial charge on any atom is 0.406 e. The van der Waals surface area contributed by atoms with Crippen LogP contribution in [0.1, 0.15) is 15.9 Å². The summed E-state index contributed by atoms with van der Waals surface area (Å²) in [6, 6.07) is 3.88. The first kappa shape index (κ1) is 15.3. The number of alkyl halides is 3. The molecule has 0 saturated heterocycles. The maximum atomic E-state index is 12.3. The molecule has 0 fully saturated rings. The summed E-state index contributed by atoms with van der Waals surface area (Å²) in [5, 5.41) is 18.2. The minimum atomic E-state index is -4.54. The molecular formula is C12H14F3NO3. The molecule has 0 aliphatic heterocycles. The molecule has 0 radical (unpaired) electrons. The Labute approximate surface area is 108 Å². The van der Waals surface area contributed by atoms with E-state index in [2.05, 4.69) is 0 Å². The third kappa shape index (κ3) is 4.44. The topological polar surface area (TPSA) is 60.8 Å². The number of halogens is 3. The lowest BCUT2D eigenvalue weighted by Gasteiger charge is -2.23. The lowest BCUT2D eigenvalue weighted by atomic mass is 10.1. The smallest absolute Gasteiger partial charge is 0.406 e. The summed E-state index contributed by atoms with van der Waals surface area (Å²) in [6.45, 7) is -0.835. The summed E-state index contributed by atoms with van der Waals surface area (Å²) in [7, 11) is 0. The van der Waals surface area contributed by atoms with Crippen molar-refractivity contribution in [1.29, 1.82) is 0 Å². The molecule has 106 valence electrons. The average molecular weight is 277 g/mol. The van der Waals surface area contributed by atoms with Gasteiger partial charge in [0.15, 0.2) is 0 Å². The summed E-state index contributed by atoms with van der Waals surface area (Å²) >= 11 is 0. The predicted molar refractivity (Wildman–Crippen MR) is 61.9 cm³/mol. The van der Waals surface area contributed by atoms with Crippen LogP contribution < -0.4 is 0 Å². The summed E-state index contributed by atoms with van der Waals surface area (Å²) < 4.78 is 37.0. The van der Waals surface area contributed by atoms with Gasteiger partial charge in [0, 0.05) is 12.1 Å². The first-order chi connectivity index (χ1) is 8.74. The Morgan fingerprint density at radius 2 is 2.00 bits per heavy atom. The second-order valence-corrected chi connectivity index (χ2v) is 4.07. The molecule has 1 aromatic rings. The molecule has 19 heavy (non-hydrogen) atoms. The molecule has 0 aliphatic rings. The Hall–Kier alpha value is -1.76. The highest BCUT2D eigenvalue weighted by Gasteiger charge is 2.33. The van der Waals surface area contributed by atoms with Gasteiger partial charge in [0.05, 0.1) is 6.61 Å². The van der Waals surface area contributed by atoms with Gasteiger partial charge in [-0.1, -0.05) is 6.07 Å². The van der Waals surface area contributed by atoms with E-state index in [9.17, 15) is 23.1 Å². The number of hydrogen-bond donors (Lipinski definition) is 2. The number of aliphatic hydroxyl groups is 1. The number of aliphatic hydroxyl groups excluding tert-OH is 1. The molecule has 0 aliphatic carbocycles. The SMILES string of the molecule is Cc1ccc(C(=O)N(CCO)CC(F)(F)F)cc1O. The molecule has 0 heterocycles. The van der Waals surface area contributed by atoms with Crippen molar-refractivity contribution in [3.05, 3.63) is 29.3 Å². The van der Waals surface area contributed by atoms with Gasteiger partial charge in [-0.2, -0.15) is 13.2 Å². The van der Waals surface area contributed by atoms with Gasteiger partial charge in [-0.15, -0.1) is 0 Å². The van der Waals surface area contributed by atoms with E-state index in [4.69, 9.17) is 5.11 Å². The van der Waals surface area contributed by atoms with Crippen molar-refractivity contribution >= 4 is 5.91 Å². The van der Waals surface area contributed by atoms with Gasteiger partial charge in [0.25, 0.3) is 5.91 Å². The van der Waals surface area contributed by atoms with Crippen LogP contribution in [0.4, 0.5) is 13.2 Å². The molecule has 2 N–H and O–H groups in total. The molecule has 0 atom stereocenters. The van der Waals surface area contributed by atoms with Crippen LogP contribution in [0.3, 0.4) is 0 Å². The Kier molecular flexibility index (Phi) is 4.77. The predicted octanol–water partition coefficient (Wildman–Crippen LogP) is 1.70. The number of carbonyl (C=O) groups is 1. The van der Waals surface area contributed by atoms with Crippen molar-refractivity contribution in [3.63, 3.8) is 0 Å². The lowest BCUT2D eigenvalue weighted by molar-refractivity contribution is -0.141. The standard InChI is InChI=1S/C12H14F3NO3/c1-8-2-3-9(6-10(8)18)11(19)16(4-5-17)7-12(13,14)15/h2-3,6,17-18H,4-5,7H2,1H3. The minimum absolute atomic E-state index is 0.0548. The Balaban J connectivity index is 2.95. The average Bonchev–Trinajstić information content (AvgIpc) is 2.29. The van der Waals surface area contributed by atoms with Gasteiger partial charge in [0.2, 0.25) is 0 Å². The number of amides is 1. The Morgan fingerprint density at radius 1 is 1.37 bits per heavy atom. The molecule has 0 unspecified atom stereocenters. The summed E-state index contributed by atoms with van der Waals surface area (Å²) in [4.78, 5) is 12.4. The molecular weight excluding hydrogens is 263 g/mol. The van der Waals surface area contributed by atoms with Crippen molar-refractivity contribution < 1.29 is 28.2 Å². The molecule has 1 rings (SSSR count). The number of aromatic hydroxyl groups is 1. The number of phenols is 1. The zero-order valence-electron chi connectivity index (χ0n) is 10.2. The lowest BCUT2D eigenvalue weighted by Crippen LogP contribution is -2.40. The number of phenolic OH excluding ortho intramolecular Hbond substituents is 1. The number of aryl methyl sites for hydroxylation is 1. The van der Waals surface area contributed by atoms with Gasteiger partial charge < -0.3 is 15.1 Å². The third-order valence-electron chi connectivity index (χ3n) is 2.48. The zero-order chi connectivity index (χ0) is 14.6. The highest BCUT2D eigenvalue weighted by atomic mass is 19.4. The molecule has 4 nitrogen and oxygen atoms in total. The van der Waals surface area contributed by atoms with Crippen LogP contribution in [0, 0.1) is 6.92 Å². The first-order valence-electron chi connectivity index (χ1n) is 5.51. The molecule has 7 heteroatoms. The number of carbonyl (C=O) groups excluding carboxylic acids is 1. The molecule has 1 aromatic carbocycles. The summed E-state index contributed by atoms with van der Waals surface area (Å²) in [6.07, 6.45) is -4.54. The highest BCUT2D eigenvalue weighted by molar-refractivity contribution is 5.94. The van der Waals surface area contributed by atoms with Crippen molar-refractivity contribution in [2.75, 3.05) is 19.7 Å². The number of hydrogen-bond acceptors (Lipinski definition) is 3. The van der Waals surface area contributed by atoms with Crippen LogP contribution in [0.25, 0.3) is 0 Å². The zero-order valence-corrected chi connectivity index (χ0v) is 10.2. The van der Waals surface area contributed by atoms with E-state index in [-0.39, 0.29) is 11.3 Å². The van der Waals surface area contributed by atoms with Crippen LogP contribution >= 0.6 is 0 Å². The Bertz CT molecular complexity index is 460. The molecule has 1 amide bonds. The fourth-order valence-corrected chi connectivity index (χ4v) is 1.51. The fraction of sp³-hybridized carbons (Fsp3) is 0.417. The number of nitrogens with zero attached hydrogens (tertiary/aromatic N) is 1. The van der Waals surface area contributed by atoms with Crippen LogP contribution in [0.5, 0.6) is 5.75 Å². The van der Waals surface area contributed by atoms with Gasteiger partial charge in [-0.25, -0.2) is 0 Å². The van der Waals surface area contributed by atoms with Crippen LogP contribution in [-0.2, 0) is 0 Å². The van der Waals surface area contributed by atoms with Gasteiger partial charge in [0.1, 0.15) is 12.3 Å². The van der Waals surface area contributed by atoms with E-state index in [1.54, 1.807) is 6.92 Å². The molecule has 0 bridgehead atoms. The van der Waals surface area contributed by atoms with Gasteiger partial charge in [-0.05, 0) is 24.6 Å². The van der Waals surface area contributed by atoms with E-state index in [1.165, 1.54) is 12.1 Å². The number of rotatable bonds is 4. The van der Waals surface area contributed by atoms with E-state index in [1.807, 2.05) is 0 Å². The van der Waals surface area contributed by atoms with E-state index in [0.29, 0.717) is 10.5 Å². The second kappa shape index (κ2) is 5.92. The van der Waals surface area contributed by atoms with Crippen molar-refractivity contribution in [3.8, 4) is 5.75 Å². The summed E-state index contributed by atoms with van der Waals surface area (Å²) in [5.74, 6) is -1.05. The summed E-state index contributed by atoms with van der Waals surface area (Å²) in [5.41, 5.74) is 0.460. The van der Waals surface area contributed by atoms with Gasteiger partial charge in [-0.3, -0.25) is 4.79 Å². The van der Waals surface area contributed by atoms with Crippen LogP contribution in [-0.4, -0.2) is 46.9 Å². The van der Waals surface area contributed by atoms with Crippen LogP contribution in [0.2, 0.25) is 0 Å². The van der Waals surface area contributed by atoms with Crippen LogP contribution in [0.15, 0.2) is 18.2 Å². The monoisotopic (exact) mass is 277 g/mol. The fourth-order valence-electron chi connectivity index (χ4n) is 1.51. The quantitative estimate of drug-likeness (QED) is 0.880. The second-order valence-electron chi connectivity index (χ2n) is 4.07. The van der Waals surface area contributed by atoms with E-state index in [0.717, 1.165) is 6.07 Å². The highest BCUT2D eigenvalue weighted by Crippen LogP contribution is 2.21. The third-order valence-corrected chi connectivity index (χ3v) is 2.48. The molecule has 0 spiro atoms. The molecule has 0 saturated carbocycles. The van der Waals surface area contributed by atoms with Gasteiger partial charge >= 0.3 is 6.18 Å². The number of benzene rings is 1. The largest absolute Gasteiger partial charge is 0.508 e. The Morgan fingerprint density at radius 3 is 2.47 bits per heavy atom. The minimum Gasteiger partial charge on any atom is -0.508 e.